The Labute approximate surface area is 244 Å². The van der Waals surface area contributed by atoms with E-state index in [9.17, 15) is 26.4 Å². The van der Waals surface area contributed by atoms with Crippen LogP contribution >= 0.6 is 11.6 Å². The van der Waals surface area contributed by atoms with Crippen molar-refractivity contribution in [2.75, 3.05) is 23.3 Å². The number of halogens is 4. The Hall–Kier alpha value is -3.81. The van der Waals surface area contributed by atoms with Crippen molar-refractivity contribution in [3.8, 4) is 11.4 Å². The fourth-order valence-corrected chi connectivity index (χ4v) is 6.10. The molecule has 4 aromatic rings. The number of alkyl halides is 3. The summed E-state index contributed by atoms with van der Waals surface area (Å²) < 4.78 is 66.9. The zero-order valence-electron chi connectivity index (χ0n) is 21.9. The van der Waals surface area contributed by atoms with Crippen LogP contribution in [0.2, 0.25) is 5.02 Å². The van der Waals surface area contributed by atoms with Gasteiger partial charge in [-0.15, -0.1) is 0 Å². The smallest absolute Gasteiger partial charge is 0.356 e. The number of amides is 1. The second-order valence-corrected chi connectivity index (χ2v) is 12.7. The van der Waals surface area contributed by atoms with Gasteiger partial charge in [0.25, 0.3) is 5.91 Å². The summed E-state index contributed by atoms with van der Waals surface area (Å²) >= 11 is 6.30. The van der Waals surface area contributed by atoms with Crippen LogP contribution in [0.3, 0.4) is 0 Å². The number of nitrogens with zero attached hydrogens (tertiary/aromatic N) is 4. The van der Waals surface area contributed by atoms with E-state index < -0.39 is 27.7 Å². The normalized spacial score (nSPS) is 15.5. The highest BCUT2D eigenvalue weighted by atomic mass is 35.5. The molecule has 2 fully saturated rings. The molecule has 218 valence electrons. The van der Waals surface area contributed by atoms with Gasteiger partial charge in [0.05, 0.1) is 26.9 Å². The Morgan fingerprint density at radius 3 is 2.52 bits per heavy atom. The molecule has 14 heteroatoms. The van der Waals surface area contributed by atoms with Crippen LogP contribution in [-0.4, -0.2) is 47.6 Å². The Morgan fingerprint density at radius 2 is 1.83 bits per heavy atom. The van der Waals surface area contributed by atoms with Crippen molar-refractivity contribution in [3.05, 3.63) is 76.6 Å². The van der Waals surface area contributed by atoms with E-state index in [2.05, 4.69) is 25.0 Å². The van der Waals surface area contributed by atoms with E-state index in [4.69, 9.17) is 11.6 Å². The fourth-order valence-electron chi connectivity index (χ4n) is 4.54. The molecular weight excluding hydrogens is 593 g/mol. The molecule has 1 saturated heterocycles. The quantitative estimate of drug-likeness (QED) is 0.272. The van der Waals surface area contributed by atoms with Gasteiger partial charge in [0.2, 0.25) is 10.0 Å². The number of carbonyl (C=O) groups excluding carboxylic acids is 1. The zero-order chi connectivity index (χ0) is 29.6. The second-order valence-electron chi connectivity index (χ2n) is 10.2. The number of hydrogen-bond acceptors (Lipinski definition) is 7. The molecule has 1 saturated carbocycles. The third-order valence-corrected chi connectivity index (χ3v) is 9.36. The highest BCUT2D eigenvalue weighted by Crippen LogP contribution is 2.34. The first-order chi connectivity index (χ1) is 20.0. The number of pyridine rings is 1. The number of hydrogen-bond donors (Lipinski definition) is 2. The number of aromatic nitrogens is 3. The topological polar surface area (TPSA) is 117 Å². The Bertz CT molecular complexity index is 1810. The molecule has 2 N–H and O–H groups in total. The monoisotopic (exact) mass is 616 g/mol. The van der Waals surface area contributed by atoms with Crippen LogP contribution in [0.4, 0.5) is 24.7 Å². The molecule has 2 aromatic heterocycles. The highest BCUT2D eigenvalue weighted by molar-refractivity contribution is 7.90. The summed E-state index contributed by atoms with van der Waals surface area (Å²) in [6.45, 7) is 1.52. The minimum atomic E-state index is -4.57. The number of benzene rings is 2. The van der Waals surface area contributed by atoms with Gasteiger partial charge in [-0.25, -0.2) is 23.1 Å². The van der Waals surface area contributed by atoms with Crippen molar-refractivity contribution in [1.82, 2.24) is 19.7 Å². The summed E-state index contributed by atoms with van der Waals surface area (Å²) in [5.41, 5.74) is 0.729. The molecule has 3 heterocycles. The van der Waals surface area contributed by atoms with Gasteiger partial charge in [0.1, 0.15) is 5.82 Å². The fraction of sp³-hybridized carbons (Fsp3) is 0.286. The lowest BCUT2D eigenvalue weighted by Gasteiger charge is -2.33. The average molecular weight is 617 g/mol. The van der Waals surface area contributed by atoms with E-state index in [1.165, 1.54) is 18.3 Å². The predicted molar refractivity (Wildman–Crippen MR) is 153 cm³/mol. The zero-order valence-corrected chi connectivity index (χ0v) is 23.5. The molecule has 1 aliphatic carbocycles. The number of sulfonamides is 1. The van der Waals surface area contributed by atoms with Crippen molar-refractivity contribution in [1.29, 1.82) is 0 Å². The van der Waals surface area contributed by atoms with Crippen LogP contribution in [-0.2, 0) is 22.7 Å². The molecule has 2 aliphatic rings. The van der Waals surface area contributed by atoms with Crippen LogP contribution in [0.5, 0.6) is 0 Å². The van der Waals surface area contributed by atoms with Gasteiger partial charge < -0.3 is 10.2 Å². The van der Waals surface area contributed by atoms with Crippen molar-refractivity contribution < 1.29 is 26.4 Å². The number of anilines is 2. The molecule has 0 bridgehead atoms. The molecule has 1 amide bonds. The highest BCUT2D eigenvalue weighted by Gasteiger charge is 2.35. The maximum absolute atomic E-state index is 13.3. The lowest BCUT2D eigenvalue weighted by Crippen LogP contribution is -2.37. The minimum absolute atomic E-state index is 0.0234. The summed E-state index contributed by atoms with van der Waals surface area (Å²) in [7, 11) is -3.40. The average Bonchev–Trinajstić information content (AvgIpc) is 3.78. The Kier molecular flexibility index (Phi) is 7.27. The number of nitrogens with one attached hydrogen (secondary N) is 2. The predicted octanol–water partition coefficient (Wildman–Crippen LogP) is 5.41. The maximum atomic E-state index is 13.3. The molecule has 9 nitrogen and oxygen atoms in total. The Balaban J connectivity index is 1.29. The summed E-state index contributed by atoms with van der Waals surface area (Å²) in [6, 6.07) is 10.7. The lowest BCUT2D eigenvalue weighted by atomic mass is 10.1. The summed E-state index contributed by atoms with van der Waals surface area (Å²) in [6.07, 6.45) is -0.311. The Morgan fingerprint density at radius 1 is 1.05 bits per heavy atom. The largest absolute Gasteiger partial charge is 0.417 e. The van der Waals surface area contributed by atoms with Crippen molar-refractivity contribution >= 4 is 49.9 Å². The molecule has 0 radical (unpaired) electrons. The maximum Gasteiger partial charge on any atom is 0.417 e. The van der Waals surface area contributed by atoms with Gasteiger partial charge >= 0.3 is 6.18 Å². The third kappa shape index (κ3) is 5.90. The molecule has 2 aromatic carbocycles. The number of fused-ring (bicyclic) bond motifs is 1. The van der Waals surface area contributed by atoms with Gasteiger partial charge in [0.15, 0.2) is 5.82 Å². The first-order valence-electron chi connectivity index (χ1n) is 13.2. The molecule has 0 atom stereocenters. The van der Waals surface area contributed by atoms with E-state index in [-0.39, 0.29) is 33.8 Å². The minimum Gasteiger partial charge on any atom is -0.356 e. The van der Waals surface area contributed by atoms with E-state index in [1.807, 2.05) is 4.90 Å². The summed E-state index contributed by atoms with van der Waals surface area (Å²) in [5.74, 6) is 0.141. The first kappa shape index (κ1) is 28.3. The molecule has 1 aliphatic heterocycles. The second kappa shape index (κ2) is 10.8. The van der Waals surface area contributed by atoms with E-state index in [0.717, 1.165) is 31.8 Å². The van der Waals surface area contributed by atoms with Gasteiger partial charge in [-0.1, -0.05) is 17.7 Å². The van der Waals surface area contributed by atoms with E-state index >= 15 is 0 Å². The van der Waals surface area contributed by atoms with Gasteiger partial charge in [-0.2, -0.15) is 13.2 Å². The van der Waals surface area contributed by atoms with E-state index in [1.54, 1.807) is 24.3 Å². The standard InChI is InChI=1S/C28H24ClF3N6O3S/c29-23-7-2-16(13-34-42(40,41)20-4-5-20)10-22(23)27(39)35-19-3-6-21-24(12-19)36-25(37-26(21)38-8-1-9-38)17-11-18(15-33-14-17)28(30,31)32/h2-3,6-7,10-12,14-15,20,34H,1,4-5,8-9,13H2,(H,35,39). The number of rotatable bonds is 8. The molecular formula is C28H24ClF3N6O3S. The van der Waals surface area contributed by atoms with E-state index in [0.29, 0.717) is 40.8 Å². The van der Waals surface area contributed by atoms with Crippen LogP contribution in [0, 0.1) is 0 Å². The summed E-state index contributed by atoms with van der Waals surface area (Å²) in [4.78, 5) is 28.1. The van der Waals surface area contributed by atoms with Gasteiger partial charge in [0, 0.05) is 48.7 Å². The van der Waals surface area contributed by atoms with Crippen molar-refractivity contribution in [3.63, 3.8) is 0 Å². The van der Waals surface area contributed by atoms with Crippen LogP contribution in [0.25, 0.3) is 22.3 Å². The lowest BCUT2D eigenvalue weighted by molar-refractivity contribution is -0.137. The third-order valence-electron chi connectivity index (χ3n) is 7.13. The molecule has 0 spiro atoms. The van der Waals surface area contributed by atoms with Gasteiger partial charge in [-0.3, -0.25) is 9.78 Å². The van der Waals surface area contributed by atoms with Crippen LogP contribution in [0.1, 0.15) is 40.7 Å². The first-order valence-corrected chi connectivity index (χ1v) is 15.1. The molecule has 6 rings (SSSR count). The van der Waals surface area contributed by atoms with Crippen LogP contribution in [0.15, 0.2) is 54.9 Å². The number of carbonyl (C=O) groups is 1. The SMILES string of the molecule is O=C(Nc1ccc2c(N3CCC3)nc(-c3cncc(C(F)(F)F)c3)nc2c1)c1cc(CNS(=O)(=O)C2CC2)ccc1Cl. The molecule has 42 heavy (non-hydrogen) atoms. The summed E-state index contributed by atoms with van der Waals surface area (Å²) in [5, 5.41) is 3.29. The van der Waals surface area contributed by atoms with Crippen molar-refractivity contribution in [2.24, 2.45) is 0 Å². The molecule has 0 unspecified atom stereocenters. The van der Waals surface area contributed by atoms with Crippen LogP contribution < -0.4 is 14.9 Å². The van der Waals surface area contributed by atoms with Crippen molar-refractivity contribution in [2.45, 2.75) is 37.2 Å². The van der Waals surface area contributed by atoms with Gasteiger partial charge in [-0.05, 0) is 61.2 Å².